The van der Waals surface area contributed by atoms with Gasteiger partial charge in [0.15, 0.2) is 12.2 Å². The molecule has 3 atom stereocenters. The summed E-state index contributed by atoms with van der Waals surface area (Å²) < 4.78 is 5.35. The Labute approximate surface area is 113 Å². The topological polar surface area (TPSA) is 38.1 Å². The molecule has 0 aliphatic heterocycles. The molecule has 0 amide bonds. The number of hydrogen-bond donors (Lipinski definition) is 1. The van der Waals surface area contributed by atoms with Gasteiger partial charge in [-0.2, -0.15) is 0 Å². The van der Waals surface area contributed by atoms with Gasteiger partial charge in [-0.25, -0.2) is 4.98 Å². The largest absolute Gasteiger partial charge is 0.444 e. The molecule has 2 aliphatic rings. The maximum Gasteiger partial charge on any atom is 0.181 e. The van der Waals surface area contributed by atoms with Crippen LogP contribution < -0.4 is 5.32 Å². The highest BCUT2D eigenvalue weighted by molar-refractivity contribution is 5.63. The fraction of sp³-hybridized carbons (Fsp3) is 0.438. The molecule has 1 N–H and O–H groups in total. The van der Waals surface area contributed by atoms with Crippen molar-refractivity contribution in [3.63, 3.8) is 0 Å². The van der Waals surface area contributed by atoms with E-state index in [2.05, 4.69) is 34.6 Å². The molecule has 19 heavy (non-hydrogen) atoms. The first kappa shape index (κ1) is 11.1. The van der Waals surface area contributed by atoms with Crippen molar-refractivity contribution in [1.82, 2.24) is 4.98 Å². The average Bonchev–Trinajstić information content (AvgIpc) is 3.17. The van der Waals surface area contributed by atoms with Crippen LogP contribution in [-0.4, -0.2) is 11.0 Å². The number of nitrogens with zero attached hydrogens (tertiary/aromatic N) is 1. The molecule has 4 rings (SSSR count). The van der Waals surface area contributed by atoms with Gasteiger partial charge in [0.1, 0.15) is 0 Å². The zero-order valence-electron chi connectivity index (χ0n) is 10.9. The van der Waals surface area contributed by atoms with Crippen LogP contribution in [0.5, 0.6) is 0 Å². The van der Waals surface area contributed by atoms with Crippen molar-refractivity contribution >= 4 is 5.69 Å². The van der Waals surface area contributed by atoms with Gasteiger partial charge in [0.05, 0.1) is 6.20 Å². The average molecular weight is 254 g/mol. The van der Waals surface area contributed by atoms with Crippen molar-refractivity contribution in [2.45, 2.75) is 31.7 Å². The molecule has 1 heterocycles. The summed E-state index contributed by atoms with van der Waals surface area (Å²) in [5.41, 5.74) is 2.29. The van der Waals surface area contributed by atoms with Gasteiger partial charge in [-0.15, -0.1) is 0 Å². The quantitative estimate of drug-likeness (QED) is 0.901. The van der Waals surface area contributed by atoms with Crippen LogP contribution in [0.15, 0.2) is 41.3 Å². The number of benzene rings is 1. The lowest BCUT2D eigenvalue weighted by atomic mass is 9.95. The molecular formula is C16H18N2O. The van der Waals surface area contributed by atoms with Gasteiger partial charge in [0, 0.05) is 17.3 Å². The first-order valence-electron chi connectivity index (χ1n) is 7.14. The molecule has 2 aromatic rings. The molecule has 98 valence electrons. The minimum atomic E-state index is 0.670. The molecule has 3 heteroatoms. The number of nitrogens with one attached hydrogen (secondary N) is 1. The zero-order chi connectivity index (χ0) is 12.7. The number of hydrogen-bond acceptors (Lipinski definition) is 3. The van der Waals surface area contributed by atoms with Crippen LogP contribution in [0.2, 0.25) is 0 Å². The van der Waals surface area contributed by atoms with E-state index in [1.165, 1.54) is 37.8 Å². The third kappa shape index (κ3) is 2.03. The van der Waals surface area contributed by atoms with E-state index in [1.807, 2.05) is 0 Å². The van der Waals surface area contributed by atoms with Gasteiger partial charge in [-0.3, -0.25) is 0 Å². The lowest BCUT2D eigenvalue weighted by molar-refractivity contribution is 0.440. The van der Waals surface area contributed by atoms with Crippen molar-refractivity contribution in [1.29, 1.82) is 0 Å². The molecule has 3 nitrogen and oxygen atoms in total. The van der Waals surface area contributed by atoms with Crippen LogP contribution in [0.3, 0.4) is 0 Å². The lowest BCUT2D eigenvalue weighted by Crippen LogP contribution is -2.25. The van der Waals surface area contributed by atoms with Gasteiger partial charge in [-0.05, 0) is 43.2 Å². The van der Waals surface area contributed by atoms with Crippen molar-refractivity contribution < 1.29 is 4.42 Å². The highest BCUT2D eigenvalue weighted by Crippen LogP contribution is 2.45. The highest BCUT2D eigenvalue weighted by atomic mass is 16.3. The van der Waals surface area contributed by atoms with E-state index in [9.17, 15) is 0 Å². The SMILES string of the molecule is c1cc(NC2CC3CCC2C3)cc(-c2cnco2)c1. The summed E-state index contributed by atoms with van der Waals surface area (Å²) >= 11 is 0. The molecule has 2 aliphatic carbocycles. The van der Waals surface area contributed by atoms with Crippen LogP contribution >= 0.6 is 0 Å². The zero-order valence-corrected chi connectivity index (χ0v) is 10.9. The van der Waals surface area contributed by atoms with E-state index >= 15 is 0 Å². The Morgan fingerprint density at radius 2 is 2.21 bits per heavy atom. The maximum atomic E-state index is 5.35. The summed E-state index contributed by atoms with van der Waals surface area (Å²) in [6.45, 7) is 0. The highest BCUT2D eigenvalue weighted by Gasteiger charge is 2.39. The fourth-order valence-electron chi connectivity index (χ4n) is 3.76. The second-order valence-corrected chi connectivity index (χ2v) is 5.87. The Kier molecular flexibility index (Phi) is 2.57. The Morgan fingerprint density at radius 3 is 2.95 bits per heavy atom. The summed E-state index contributed by atoms with van der Waals surface area (Å²) in [6, 6.07) is 9.11. The number of oxazole rings is 1. The van der Waals surface area contributed by atoms with Crippen LogP contribution in [-0.2, 0) is 0 Å². The van der Waals surface area contributed by atoms with Crippen LogP contribution in [0.4, 0.5) is 5.69 Å². The fourth-order valence-corrected chi connectivity index (χ4v) is 3.76. The van der Waals surface area contributed by atoms with Crippen molar-refractivity contribution in [2.75, 3.05) is 5.32 Å². The molecule has 2 saturated carbocycles. The Bertz CT molecular complexity index is 564. The van der Waals surface area contributed by atoms with E-state index in [1.54, 1.807) is 6.20 Å². The number of fused-ring (bicyclic) bond motifs is 2. The Hall–Kier alpha value is -1.77. The summed E-state index contributed by atoms with van der Waals surface area (Å²) in [5, 5.41) is 3.71. The third-order valence-corrected chi connectivity index (χ3v) is 4.67. The van der Waals surface area contributed by atoms with Gasteiger partial charge in [0.25, 0.3) is 0 Å². The summed E-state index contributed by atoms with van der Waals surface area (Å²) in [7, 11) is 0. The Morgan fingerprint density at radius 1 is 1.21 bits per heavy atom. The van der Waals surface area contributed by atoms with E-state index in [4.69, 9.17) is 4.42 Å². The molecule has 0 spiro atoms. The third-order valence-electron chi connectivity index (χ3n) is 4.67. The van der Waals surface area contributed by atoms with Gasteiger partial charge in [0.2, 0.25) is 0 Å². The van der Waals surface area contributed by atoms with E-state index in [0.717, 1.165) is 23.2 Å². The van der Waals surface area contributed by atoms with Crippen molar-refractivity contribution in [3.8, 4) is 11.3 Å². The van der Waals surface area contributed by atoms with E-state index in [-0.39, 0.29) is 0 Å². The number of aromatic nitrogens is 1. The minimum Gasteiger partial charge on any atom is -0.444 e. The van der Waals surface area contributed by atoms with Crippen molar-refractivity contribution in [3.05, 3.63) is 36.9 Å². The second-order valence-electron chi connectivity index (χ2n) is 5.87. The Balaban J connectivity index is 1.54. The summed E-state index contributed by atoms with van der Waals surface area (Å²) in [5.74, 6) is 2.69. The predicted octanol–water partition coefficient (Wildman–Crippen LogP) is 3.94. The lowest BCUT2D eigenvalue weighted by Gasteiger charge is -2.24. The van der Waals surface area contributed by atoms with Gasteiger partial charge < -0.3 is 9.73 Å². The summed E-state index contributed by atoms with van der Waals surface area (Å²) in [6.07, 6.45) is 8.86. The smallest absolute Gasteiger partial charge is 0.181 e. The van der Waals surface area contributed by atoms with Crippen LogP contribution in [0.25, 0.3) is 11.3 Å². The molecule has 1 aromatic heterocycles. The molecule has 2 bridgehead atoms. The number of rotatable bonds is 3. The molecule has 2 fully saturated rings. The minimum absolute atomic E-state index is 0.670. The maximum absolute atomic E-state index is 5.35. The molecule has 1 aromatic carbocycles. The monoisotopic (exact) mass is 254 g/mol. The number of anilines is 1. The van der Waals surface area contributed by atoms with Gasteiger partial charge >= 0.3 is 0 Å². The first-order valence-corrected chi connectivity index (χ1v) is 7.14. The normalized spacial score (nSPS) is 28.7. The van der Waals surface area contributed by atoms with Crippen LogP contribution in [0.1, 0.15) is 25.7 Å². The second kappa shape index (κ2) is 4.41. The molecule has 3 unspecified atom stereocenters. The molecule has 0 saturated heterocycles. The van der Waals surface area contributed by atoms with E-state index < -0.39 is 0 Å². The first-order chi connectivity index (χ1) is 9.38. The standard InChI is InChI=1S/C16H18N2O/c1-2-13(16-9-17-10-19-16)8-14(3-1)18-15-7-11-4-5-12(15)6-11/h1-3,8-12,15,18H,4-7H2. The van der Waals surface area contributed by atoms with Crippen molar-refractivity contribution in [2.24, 2.45) is 11.8 Å². The van der Waals surface area contributed by atoms with Crippen LogP contribution in [0, 0.1) is 11.8 Å². The van der Waals surface area contributed by atoms with Gasteiger partial charge in [-0.1, -0.05) is 18.6 Å². The van der Waals surface area contributed by atoms with E-state index in [0.29, 0.717) is 6.04 Å². The summed E-state index contributed by atoms with van der Waals surface area (Å²) in [4.78, 5) is 3.98. The molecular weight excluding hydrogens is 236 g/mol. The predicted molar refractivity (Wildman–Crippen MR) is 74.8 cm³/mol. The molecule has 0 radical (unpaired) electrons.